The van der Waals surface area contributed by atoms with Gasteiger partial charge >= 0.3 is 0 Å². The molecule has 4 rings (SSSR count). The minimum absolute atomic E-state index is 0.0592. The molecule has 0 atom stereocenters. The van der Waals surface area contributed by atoms with Crippen molar-refractivity contribution in [3.8, 4) is 0 Å². The van der Waals surface area contributed by atoms with Crippen LogP contribution in [0.1, 0.15) is 17.7 Å². The number of likely N-dealkylation sites (N-methyl/N-ethyl adjacent to an activating group) is 1. The number of rotatable bonds is 4. The van der Waals surface area contributed by atoms with E-state index < -0.39 is 0 Å². The Hall–Kier alpha value is -2.66. The van der Waals surface area contributed by atoms with Crippen molar-refractivity contribution in [1.82, 2.24) is 9.47 Å². The molecule has 134 valence electrons. The minimum atomic E-state index is -0.307. The second-order valence-electron chi connectivity index (χ2n) is 6.89. The monoisotopic (exact) mass is 351 g/mol. The molecule has 1 aromatic heterocycles. The molecular weight excluding hydrogens is 329 g/mol. The molecule has 0 unspecified atom stereocenters. The van der Waals surface area contributed by atoms with E-state index in [-0.39, 0.29) is 11.7 Å². The van der Waals surface area contributed by atoms with Crippen molar-refractivity contribution < 1.29 is 9.18 Å². The SMILES string of the molecule is CN1CCc2c(c3ccccc3n2CCC(=O)Nc2ccc(F)cc2)C1. The zero-order valence-corrected chi connectivity index (χ0v) is 14.8. The Balaban J connectivity index is 1.54. The predicted molar refractivity (Wildman–Crippen MR) is 102 cm³/mol. The van der Waals surface area contributed by atoms with E-state index in [9.17, 15) is 9.18 Å². The smallest absolute Gasteiger partial charge is 0.226 e. The highest BCUT2D eigenvalue weighted by atomic mass is 19.1. The normalized spacial score (nSPS) is 14.4. The summed E-state index contributed by atoms with van der Waals surface area (Å²) in [5.41, 5.74) is 4.55. The van der Waals surface area contributed by atoms with Gasteiger partial charge in [-0.2, -0.15) is 0 Å². The molecule has 1 aliphatic heterocycles. The molecule has 0 bridgehead atoms. The number of nitrogens with one attached hydrogen (secondary N) is 1. The summed E-state index contributed by atoms with van der Waals surface area (Å²) in [6, 6.07) is 14.3. The lowest BCUT2D eigenvalue weighted by Crippen LogP contribution is -2.27. The molecule has 0 spiro atoms. The number of amides is 1. The van der Waals surface area contributed by atoms with Crippen molar-refractivity contribution in [2.24, 2.45) is 0 Å². The van der Waals surface area contributed by atoms with Gasteiger partial charge < -0.3 is 14.8 Å². The molecule has 2 heterocycles. The first-order chi connectivity index (χ1) is 12.6. The third-order valence-electron chi connectivity index (χ3n) is 5.04. The summed E-state index contributed by atoms with van der Waals surface area (Å²) in [4.78, 5) is 14.7. The predicted octanol–water partition coefficient (Wildman–Crippen LogP) is 3.80. The van der Waals surface area contributed by atoms with E-state index in [1.54, 1.807) is 12.1 Å². The fourth-order valence-electron chi connectivity index (χ4n) is 3.76. The summed E-state index contributed by atoms with van der Waals surface area (Å²) >= 11 is 0. The standard InChI is InChI=1S/C21H22FN3O/c1-24-12-10-20-18(14-24)17-4-2-3-5-19(17)25(20)13-11-21(26)23-16-8-6-15(22)7-9-16/h2-9H,10-14H2,1H3,(H,23,26). The molecule has 1 amide bonds. The molecule has 26 heavy (non-hydrogen) atoms. The van der Waals surface area contributed by atoms with E-state index in [2.05, 4.69) is 40.0 Å². The highest BCUT2D eigenvalue weighted by molar-refractivity contribution is 5.91. The lowest BCUT2D eigenvalue weighted by atomic mass is 10.1. The molecule has 4 nitrogen and oxygen atoms in total. The van der Waals surface area contributed by atoms with E-state index >= 15 is 0 Å². The lowest BCUT2D eigenvalue weighted by molar-refractivity contribution is -0.116. The van der Waals surface area contributed by atoms with Crippen LogP contribution in [0.5, 0.6) is 0 Å². The van der Waals surface area contributed by atoms with Gasteiger partial charge in [-0.15, -0.1) is 0 Å². The fraction of sp³-hybridized carbons (Fsp3) is 0.286. The number of hydrogen-bond acceptors (Lipinski definition) is 2. The first-order valence-electron chi connectivity index (χ1n) is 8.95. The second kappa shape index (κ2) is 6.92. The number of benzene rings is 2. The van der Waals surface area contributed by atoms with E-state index in [4.69, 9.17) is 0 Å². The highest BCUT2D eigenvalue weighted by Crippen LogP contribution is 2.30. The average molecular weight is 351 g/mol. The van der Waals surface area contributed by atoms with Crippen LogP contribution in [-0.2, 0) is 24.3 Å². The topological polar surface area (TPSA) is 37.3 Å². The number of nitrogens with zero attached hydrogens (tertiary/aromatic N) is 2. The van der Waals surface area contributed by atoms with Crippen LogP contribution in [-0.4, -0.2) is 29.0 Å². The molecule has 3 aromatic rings. The van der Waals surface area contributed by atoms with Crippen LogP contribution in [0, 0.1) is 5.82 Å². The molecule has 0 fully saturated rings. The molecule has 2 aromatic carbocycles. The number of aromatic nitrogens is 1. The van der Waals surface area contributed by atoms with Crippen molar-refractivity contribution >= 4 is 22.5 Å². The van der Waals surface area contributed by atoms with E-state index in [0.29, 0.717) is 18.7 Å². The summed E-state index contributed by atoms with van der Waals surface area (Å²) in [6.45, 7) is 2.63. The molecule has 0 saturated heterocycles. The van der Waals surface area contributed by atoms with Crippen LogP contribution >= 0.6 is 0 Å². The highest BCUT2D eigenvalue weighted by Gasteiger charge is 2.22. The van der Waals surface area contributed by atoms with Crippen molar-refractivity contribution in [1.29, 1.82) is 0 Å². The van der Waals surface area contributed by atoms with Crippen LogP contribution in [0.3, 0.4) is 0 Å². The average Bonchev–Trinajstić information content (AvgIpc) is 2.95. The third-order valence-corrected chi connectivity index (χ3v) is 5.04. The van der Waals surface area contributed by atoms with Gasteiger partial charge in [-0.1, -0.05) is 18.2 Å². The Bertz CT molecular complexity index is 946. The zero-order chi connectivity index (χ0) is 18.1. The lowest BCUT2D eigenvalue weighted by Gasteiger charge is -2.24. The molecule has 1 aliphatic rings. The van der Waals surface area contributed by atoms with Crippen LogP contribution < -0.4 is 5.32 Å². The number of hydrogen-bond donors (Lipinski definition) is 1. The molecule has 0 aliphatic carbocycles. The van der Waals surface area contributed by atoms with Gasteiger partial charge in [0.25, 0.3) is 0 Å². The van der Waals surface area contributed by atoms with Gasteiger partial charge in [0, 0.05) is 54.8 Å². The molecule has 0 saturated carbocycles. The first kappa shape index (κ1) is 16.8. The molecule has 0 radical (unpaired) electrons. The quantitative estimate of drug-likeness (QED) is 0.776. The van der Waals surface area contributed by atoms with Crippen LogP contribution in [0.4, 0.5) is 10.1 Å². The Morgan fingerprint density at radius 2 is 1.92 bits per heavy atom. The maximum atomic E-state index is 13.0. The number of fused-ring (bicyclic) bond motifs is 3. The molecule has 5 heteroatoms. The number of halogens is 1. The van der Waals surface area contributed by atoms with E-state index in [0.717, 1.165) is 19.5 Å². The van der Waals surface area contributed by atoms with Crippen molar-refractivity contribution in [2.75, 3.05) is 18.9 Å². The number of anilines is 1. The van der Waals surface area contributed by atoms with E-state index in [1.165, 1.54) is 34.3 Å². The Kier molecular flexibility index (Phi) is 4.47. The van der Waals surface area contributed by atoms with Gasteiger partial charge in [0.05, 0.1) is 0 Å². The Morgan fingerprint density at radius 1 is 1.15 bits per heavy atom. The van der Waals surface area contributed by atoms with Gasteiger partial charge in [-0.3, -0.25) is 4.79 Å². The summed E-state index contributed by atoms with van der Waals surface area (Å²) < 4.78 is 15.3. The van der Waals surface area contributed by atoms with Crippen LogP contribution in [0.25, 0.3) is 10.9 Å². The van der Waals surface area contributed by atoms with Crippen LogP contribution in [0.2, 0.25) is 0 Å². The zero-order valence-electron chi connectivity index (χ0n) is 14.8. The first-order valence-corrected chi connectivity index (χ1v) is 8.95. The Labute approximate surface area is 152 Å². The van der Waals surface area contributed by atoms with Gasteiger partial charge in [0.1, 0.15) is 5.82 Å². The minimum Gasteiger partial charge on any atom is -0.344 e. The second-order valence-corrected chi connectivity index (χ2v) is 6.89. The largest absolute Gasteiger partial charge is 0.344 e. The van der Waals surface area contributed by atoms with Gasteiger partial charge in [-0.05, 0) is 42.9 Å². The van der Waals surface area contributed by atoms with Gasteiger partial charge in [0.15, 0.2) is 0 Å². The van der Waals surface area contributed by atoms with Gasteiger partial charge in [0.2, 0.25) is 5.91 Å². The van der Waals surface area contributed by atoms with Crippen molar-refractivity contribution in [2.45, 2.75) is 25.9 Å². The van der Waals surface area contributed by atoms with Crippen molar-refractivity contribution in [3.63, 3.8) is 0 Å². The number of carbonyl (C=O) groups excluding carboxylic acids is 1. The van der Waals surface area contributed by atoms with E-state index in [1.807, 2.05) is 6.07 Å². The number of para-hydroxylation sites is 1. The summed E-state index contributed by atoms with van der Waals surface area (Å²) in [5, 5.41) is 4.12. The number of aryl methyl sites for hydroxylation is 1. The summed E-state index contributed by atoms with van der Waals surface area (Å²) in [5.74, 6) is -0.366. The van der Waals surface area contributed by atoms with Crippen LogP contribution in [0.15, 0.2) is 48.5 Å². The third kappa shape index (κ3) is 3.22. The Morgan fingerprint density at radius 3 is 2.73 bits per heavy atom. The fourth-order valence-corrected chi connectivity index (χ4v) is 3.76. The number of carbonyl (C=O) groups is 1. The van der Waals surface area contributed by atoms with Crippen molar-refractivity contribution in [3.05, 3.63) is 65.6 Å². The molecular formula is C21H22FN3O. The summed E-state index contributed by atoms with van der Waals surface area (Å²) in [7, 11) is 2.14. The molecule has 1 N–H and O–H groups in total. The van der Waals surface area contributed by atoms with Gasteiger partial charge in [-0.25, -0.2) is 4.39 Å². The maximum absolute atomic E-state index is 13.0. The maximum Gasteiger partial charge on any atom is 0.226 e. The summed E-state index contributed by atoms with van der Waals surface area (Å²) in [6.07, 6.45) is 1.39.